The van der Waals surface area contributed by atoms with Gasteiger partial charge >= 0.3 is 0 Å². The van der Waals surface area contributed by atoms with Crippen LogP contribution < -0.4 is 5.32 Å². The van der Waals surface area contributed by atoms with Gasteiger partial charge in [-0.15, -0.1) is 0 Å². The predicted octanol–water partition coefficient (Wildman–Crippen LogP) is 5.92. The van der Waals surface area contributed by atoms with Crippen molar-refractivity contribution in [1.82, 2.24) is 14.5 Å². The van der Waals surface area contributed by atoms with Crippen molar-refractivity contribution in [2.75, 3.05) is 11.9 Å². The van der Waals surface area contributed by atoms with Crippen molar-refractivity contribution in [3.8, 4) is 16.8 Å². The molecule has 27 heavy (non-hydrogen) atoms. The number of anilines is 1. The van der Waals surface area contributed by atoms with Crippen LogP contribution in [-0.2, 0) is 0 Å². The van der Waals surface area contributed by atoms with E-state index in [-0.39, 0.29) is 0 Å². The van der Waals surface area contributed by atoms with Crippen molar-refractivity contribution in [2.45, 2.75) is 13.8 Å². The highest BCUT2D eigenvalue weighted by Gasteiger charge is 2.17. The van der Waals surface area contributed by atoms with Crippen molar-refractivity contribution in [2.24, 2.45) is 5.92 Å². The molecule has 0 saturated heterocycles. The molecule has 0 amide bonds. The second-order valence-electron chi connectivity index (χ2n) is 6.95. The van der Waals surface area contributed by atoms with Crippen LogP contribution in [0.3, 0.4) is 0 Å². The zero-order chi connectivity index (χ0) is 18.8. The zero-order valence-corrected chi connectivity index (χ0v) is 16.9. The summed E-state index contributed by atoms with van der Waals surface area (Å²) in [7, 11) is 0. The molecule has 0 bridgehead atoms. The van der Waals surface area contributed by atoms with Crippen LogP contribution in [0, 0.1) is 5.92 Å². The van der Waals surface area contributed by atoms with E-state index in [1.807, 2.05) is 18.2 Å². The Morgan fingerprint density at radius 3 is 2.44 bits per heavy atom. The number of benzene rings is 2. The maximum Gasteiger partial charge on any atom is 0.150 e. The molecule has 0 spiro atoms. The van der Waals surface area contributed by atoms with Crippen LogP contribution in [0.5, 0.6) is 0 Å². The van der Waals surface area contributed by atoms with Gasteiger partial charge in [-0.25, -0.2) is 9.97 Å². The first-order valence-corrected chi connectivity index (χ1v) is 9.84. The Morgan fingerprint density at radius 2 is 1.74 bits per heavy atom. The van der Waals surface area contributed by atoms with Gasteiger partial charge in [0.1, 0.15) is 12.1 Å². The SMILES string of the molecule is CC(C)CNc1ncnc2c1c(-c1ccccc1)cn2-c1ccc(Br)cc1. The zero-order valence-electron chi connectivity index (χ0n) is 15.4. The highest BCUT2D eigenvalue weighted by molar-refractivity contribution is 9.10. The largest absolute Gasteiger partial charge is 0.369 e. The topological polar surface area (TPSA) is 42.7 Å². The summed E-state index contributed by atoms with van der Waals surface area (Å²) in [6.45, 7) is 5.25. The van der Waals surface area contributed by atoms with Crippen molar-refractivity contribution in [3.63, 3.8) is 0 Å². The maximum atomic E-state index is 4.61. The van der Waals surface area contributed by atoms with Gasteiger partial charge in [-0.1, -0.05) is 60.1 Å². The Kier molecular flexibility index (Phi) is 4.94. The van der Waals surface area contributed by atoms with Crippen molar-refractivity contribution in [3.05, 3.63) is 71.6 Å². The van der Waals surface area contributed by atoms with E-state index in [1.54, 1.807) is 6.33 Å². The highest BCUT2D eigenvalue weighted by atomic mass is 79.9. The summed E-state index contributed by atoms with van der Waals surface area (Å²) in [6.07, 6.45) is 3.79. The smallest absolute Gasteiger partial charge is 0.150 e. The van der Waals surface area contributed by atoms with Crippen LogP contribution in [-0.4, -0.2) is 21.1 Å². The highest BCUT2D eigenvalue weighted by Crippen LogP contribution is 2.35. The Bertz CT molecular complexity index is 1050. The summed E-state index contributed by atoms with van der Waals surface area (Å²) >= 11 is 3.51. The summed E-state index contributed by atoms with van der Waals surface area (Å²) < 4.78 is 3.19. The molecule has 0 unspecified atom stereocenters. The molecule has 0 aliphatic rings. The number of nitrogens with zero attached hydrogens (tertiary/aromatic N) is 3. The minimum Gasteiger partial charge on any atom is -0.369 e. The Labute approximate surface area is 167 Å². The van der Waals surface area contributed by atoms with Gasteiger partial charge in [-0.3, -0.25) is 0 Å². The fourth-order valence-electron chi connectivity index (χ4n) is 3.13. The fraction of sp³-hybridized carbons (Fsp3) is 0.182. The van der Waals surface area contributed by atoms with Gasteiger partial charge in [-0.05, 0) is 35.7 Å². The molecule has 4 rings (SSSR count). The van der Waals surface area contributed by atoms with E-state index in [4.69, 9.17) is 0 Å². The molecule has 4 aromatic rings. The van der Waals surface area contributed by atoms with Crippen LogP contribution in [0.25, 0.3) is 27.8 Å². The molecule has 0 aliphatic heterocycles. The van der Waals surface area contributed by atoms with Crippen molar-refractivity contribution < 1.29 is 0 Å². The van der Waals surface area contributed by atoms with Gasteiger partial charge in [0, 0.05) is 28.5 Å². The van der Waals surface area contributed by atoms with Gasteiger partial charge < -0.3 is 9.88 Å². The monoisotopic (exact) mass is 420 g/mol. The van der Waals surface area contributed by atoms with E-state index >= 15 is 0 Å². The van der Waals surface area contributed by atoms with E-state index in [0.29, 0.717) is 5.92 Å². The number of rotatable bonds is 5. The lowest BCUT2D eigenvalue weighted by Crippen LogP contribution is -2.09. The Hall–Kier alpha value is -2.66. The first-order chi connectivity index (χ1) is 13.1. The third kappa shape index (κ3) is 3.60. The molecule has 0 saturated carbocycles. The number of fused-ring (bicyclic) bond motifs is 1. The summed E-state index contributed by atoms with van der Waals surface area (Å²) in [4.78, 5) is 9.16. The molecule has 0 fully saturated rings. The number of aromatic nitrogens is 3. The maximum absolute atomic E-state index is 4.61. The Balaban J connectivity index is 1.95. The number of hydrogen-bond acceptors (Lipinski definition) is 3. The lowest BCUT2D eigenvalue weighted by atomic mass is 10.1. The third-order valence-corrected chi connectivity index (χ3v) is 4.98. The van der Waals surface area contributed by atoms with Crippen LogP contribution in [0.15, 0.2) is 71.6 Å². The average molecular weight is 421 g/mol. The summed E-state index contributed by atoms with van der Waals surface area (Å²) in [5, 5.41) is 4.55. The summed E-state index contributed by atoms with van der Waals surface area (Å²) in [5.74, 6) is 1.41. The molecule has 2 aromatic heterocycles. The van der Waals surface area contributed by atoms with E-state index in [9.17, 15) is 0 Å². The first-order valence-electron chi connectivity index (χ1n) is 9.05. The van der Waals surface area contributed by atoms with Gasteiger partial charge in [0.15, 0.2) is 5.65 Å². The fourth-order valence-corrected chi connectivity index (χ4v) is 3.40. The van der Waals surface area contributed by atoms with E-state index in [2.05, 4.69) is 92.2 Å². The van der Waals surface area contributed by atoms with Gasteiger partial charge in [0.05, 0.1) is 5.39 Å². The number of nitrogens with one attached hydrogen (secondary N) is 1. The third-order valence-electron chi connectivity index (χ3n) is 4.45. The quantitative estimate of drug-likeness (QED) is 0.435. The minimum atomic E-state index is 0.531. The standard InChI is InChI=1S/C22H21BrN4/c1-15(2)12-24-21-20-19(16-6-4-3-5-7-16)13-27(22(20)26-14-25-21)18-10-8-17(23)9-11-18/h3-11,13-15H,12H2,1-2H3,(H,24,25,26). The van der Waals surface area contributed by atoms with Crippen molar-refractivity contribution >= 4 is 32.8 Å². The molecule has 0 aliphatic carbocycles. The first kappa shape index (κ1) is 17.7. The molecule has 1 N–H and O–H groups in total. The molecule has 2 heterocycles. The molecular formula is C22H21BrN4. The van der Waals surface area contributed by atoms with Crippen LogP contribution in [0.1, 0.15) is 13.8 Å². The second kappa shape index (κ2) is 7.53. The van der Waals surface area contributed by atoms with Gasteiger partial charge in [0.2, 0.25) is 0 Å². The lowest BCUT2D eigenvalue weighted by Gasteiger charge is -2.10. The van der Waals surface area contributed by atoms with Crippen molar-refractivity contribution in [1.29, 1.82) is 0 Å². The van der Waals surface area contributed by atoms with Gasteiger partial charge in [0.25, 0.3) is 0 Å². The Morgan fingerprint density at radius 1 is 1.00 bits per heavy atom. The van der Waals surface area contributed by atoms with E-state index in [1.165, 1.54) is 0 Å². The molecular weight excluding hydrogens is 400 g/mol. The molecule has 136 valence electrons. The number of hydrogen-bond donors (Lipinski definition) is 1. The summed E-state index contributed by atoms with van der Waals surface area (Å²) in [5.41, 5.74) is 4.25. The van der Waals surface area contributed by atoms with Crippen LogP contribution in [0.2, 0.25) is 0 Å². The van der Waals surface area contributed by atoms with E-state index < -0.39 is 0 Å². The number of halogens is 1. The molecule has 2 aromatic carbocycles. The van der Waals surface area contributed by atoms with Crippen LogP contribution in [0.4, 0.5) is 5.82 Å². The predicted molar refractivity (Wildman–Crippen MR) is 115 cm³/mol. The lowest BCUT2D eigenvalue weighted by molar-refractivity contribution is 0.687. The van der Waals surface area contributed by atoms with E-state index in [0.717, 1.165) is 44.7 Å². The van der Waals surface area contributed by atoms with Crippen LogP contribution >= 0.6 is 15.9 Å². The molecule has 5 heteroatoms. The average Bonchev–Trinajstić information content (AvgIpc) is 3.08. The van der Waals surface area contributed by atoms with Gasteiger partial charge in [-0.2, -0.15) is 0 Å². The molecule has 0 radical (unpaired) electrons. The second-order valence-corrected chi connectivity index (χ2v) is 7.87. The normalized spacial score (nSPS) is 11.3. The minimum absolute atomic E-state index is 0.531. The molecule has 4 nitrogen and oxygen atoms in total. The molecule has 0 atom stereocenters. The summed E-state index contributed by atoms with van der Waals surface area (Å²) in [6, 6.07) is 18.7.